The van der Waals surface area contributed by atoms with E-state index in [1.165, 1.54) is 25.3 Å². The standard InChI is InChI=1S/C15H22FNO/c1-10-5-4-6-12(10)15(17-2)13-8-7-11(18-3)9-14(13)16/h7-10,12,15,17H,4-6H2,1-3H3. The van der Waals surface area contributed by atoms with Crippen LogP contribution >= 0.6 is 0 Å². The second-order valence-electron chi connectivity index (χ2n) is 5.23. The molecule has 1 aromatic carbocycles. The maximum atomic E-state index is 14.1. The van der Waals surface area contributed by atoms with Gasteiger partial charge in [-0.15, -0.1) is 0 Å². The number of hydrogen-bond donors (Lipinski definition) is 1. The topological polar surface area (TPSA) is 21.3 Å². The van der Waals surface area contributed by atoms with Crippen LogP contribution in [0.25, 0.3) is 0 Å². The largest absolute Gasteiger partial charge is 0.497 e. The molecule has 0 amide bonds. The first-order valence-electron chi connectivity index (χ1n) is 6.68. The molecule has 0 aliphatic heterocycles. The van der Waals surface area contributed by atoms with Gasteiger partial charge < -0.3 is 10.1 Å². The molecule has 0 bridgehead atoms. The van der Waals surface area contributed by atoms with Crippen molar-refractivity contribution < 1.29 is 9.13 Å². The molecule has 1 aliphatic rings. The lowest BCUT2D eigenvalue weighted by atomic mass is 9.86. The highest BCUT2D eigenvalue weighted by atomic mass is 19.1. The van der Waals surface area contributed by atoms with Crippen molar-refractivity contribution >= 4 is 0 Å². The zero-order valence-electron chi connectivity index (χ0n) is 11.4. The molecule has 1 aliphatic carbocycles. The van der Waals surface area contributed by atoms with E-state index in [0.29, 0.717) is 17.6 Å². The van der Waals surface area contributed by atoms with Gasteiger partial charge >= 0.3 is 0 Å². The molecule has 1 N–H and O–H groups in total. The van der Waals surface area contributed by atoms with Crippen LogP contribution in [-0.4, -0.2) is 14.2 Å². The maximum absolute atomic E-state index is 14.1. The van der Waals surface area contributed by atoms with Gasteiger partial charge in [0.1, 0.15) is 11.6 Å². The van der Waals surface area contributed by atoms with Crippen LogP contribution in [0.5, 0.6) is 5.75 Å². The van der Waals surface area contributed by atoms with E-state index >= 15 is 0 Å². The van der Waals surface area contributed by atoms with Crippen molar-refractivity contribution in [3.8, 4) is 5.75 Å². The molecule has 2 nitrogen and oxygen atoms in total. The van der Waals surface area contributed by atoms with Gasteiger partial charge in [-0.2, -0.15) is 0 Å². The fourth-order valence-electron chi connectivity index (χ4n) is 3.16. The van der Waals surface area contributed by atoms with Crippen LogP contribution in [-0.2, 0) is 0 Å². The summed E-state index contributed by atoms with van der Waals surface area (Å²) in [5.41, 5.74) is 0.761. The molecule has 3 heteroatoms. The molecular formula is C15H22FNO. The summed E-state index contributed by atoms with van der Waals surface area (Å²) in [5.74, 6) is 1.58. The summed E-state index contributed by atoms with van der Waals surface area (Å²) in [6, 6.07) is 5.26. The Hall–Kier alpha value is -1.09. The second kappa shape index (κ2) is 5.70. The smallest absolute Gasteiger partial charge is 0.131 e. The fourth-order valence-corrected chi connectivity index (χ4v) is 3.16. The molecule has 0 spiro atoms. The van der Waals surface area contributed by atoms with Gasteiger partial charge in [0.15, 0.2) is 0 Å². The molecule has 100 valence electrons. The number of methoxy groups -OCH3 is 1. The highest BCUT2D eigenvalue weighted by Gasteiger charge is 2.32. The molecule has 1 aromatic rings. The fraction of sp³-hybridized carbons (Fsp3) is 0.600. The summed E-state index contributed by atoms with van der Waals surface area (Å²) in [4.78, 5) is 0. The van der Waals surface area contributed by atoms with Crippen LogP contribution in [0.2, 0.25) is 0 Å². The third-order valence-electron chi connectivity index (χ3n) is 4.21. The Labute approximate surface area is 109 Å². The van der Waals surface area contributed by atoms with Crippen molar-refractivity contribution in [3.05, 3.63) is 29.6 Å². The van der Waals surface area contributed by atoms with Crippen molar-refractivity contribution in [1.82, 2.24) is 5.32 Å². The van der Waals surface area contributed by atoms with E-state index < -0.39 is 0 Å². The van der Waals surface area contributed by atoms with Crippen molar-refractivity contribution in [3.63, 3.8) is 0 Å². The summed E-state index contributed by atoms with van der Waals surface area (Å²) in [6.45, 7) is 2.27. The molecular weight excluding hydrogens is 229 g/mol. The van der Waals surface area contributed by atoms with Crippen molar-refractivity contribution in [1.29, 1.82) is 0 Å². The number of halogens is 1. The van der Waals surface area contributed by atoms with E-state index in [1.54, 1.807) is 7.11 Å². The summed E-state index contributed by atoms with van der Waals surface area (Å²) < 4.78 is 19.2. The van der Waals surface area contributed by atoms with Gasteiger partial charge in [0.05, 0.1) is 7.11 Å². The zero-order valence-corrected chi connectivity index (χ0v) is 11.4. The van der Waals surface area contributed by atoms with Crippen LogP contribution in [0.15, 0.2) is 18.2 Å². The quantitative estimate of drug-likeness (QED) is 0.884. The van der Waals surface area contributed by atoms with Crippen LogP contribution in [0, 0.1) is 17.7 Å². The summed E-state index contributed by atoms with van der Waals surface area (Å²) in [5, 5.41) is 3.29. The van der Waals surface area contributed by atoms with Crippen LogP contribution in [0.4, 0.5) is 4.39 Å². The zero-order chi connectivity index (χ0) is 13.1. The Morgan fingerprint density at radius 1 is 1.39 bits per heavy atom. The number of ether oxygens (including phenoxy) is 1. The molecule has 0 saturated heterocycles. The lowest BCUT2D eigenvalue weighted by molar-refractivity contribution is 0.308. The first-order chi connectivity index (χ1) is 8.67. The van der Waals surface area contributed by atoms with E-state index in [-0.39, 0.29) is 11.9 Å². The summed E-state index contributed by atoms with van der Waals surface area (Å²) in [6.07, 6.45) is 3.68. The van der Waals surface area contributed by atoms with Gasteiger partial charge in [-0.25, -0.2) is 4.39 Å². The Balaban J connectivity index is 2.27. The predicted octanol–water partition coefficient (Wildman–Crippen LogP) is 3.53. The molecule has 1 fully saturated rings. The second-order valence-corrected chi connectivity index (χ2v) is 5.23. The molecule has 0 aromatic heterocycles. The van der Waals surface area contributed by atoms with E-state index in [4.69, 9.17) is 4.74 Å². The number of hydrogen-bond acceptors (Lipinski definition) is 2. The minimum atomic E-state index is -0.173. The SMILES string of the molecule is CNC(c1ccc(OC)cc1F)C1CCCC1C. The van der Waals surface area contributed by atoms with Crippen molar-refractivity contribution in [2.45, 2.75) is 32.2 Å². The van der Waals surface area contributed by atoms with Gasteiger partial charge in [0.25, 0.3) is 0 Å². The minimum absolute atomic E-state index is 0.105. The third kappa shape index (κ3) is 2.51. The van der Waals surface area contributed by atoms with Crippen LogP contribution in [0.1, 0.15) is 37.8 Å². The molecule has 18 heavy (non-hydrogen) atoms. The molecule has 0 radical (unpaired) electrons. The van der Waals surface area contributed by atoms with E-state index in [9.17, 15) is 4.39 Å². The minimum Gasteiger partial charge on any atom is -0.497 e. The third-order valence-corrected chi connectivity index (χ3v) is 4.21. The first-order valence-corrected chi connectivity index (χ1v) is 6.68. The van der Waals surface area contributed by atoms with Gasteiger partial charge in [-0.3, -0.25) is 0 Å². The summed E-state index contributed by atoms with van der Waals surface area (Å²) in [7, 11) is 3.47. The van der Waals surface area contributed by atoms with E-state index in [2.05, 4.69) is 12.2 Å². The highest BCUT2D eigenvalue weighted by Crippen LogP contribution is 2.40. The Kier molecular flexibility index (Phi) is 4.23. The monoisotopic (exact) mass is 251 g/mol. The van der Waals surface area contributed by atoms with Crippen LogP contribution < -0.4 is 10.1 Å². The Morgan fingerprint density at radius 2 is 2.17 bits per heavy atom. The van der Waals surface area contributed by atoms with Crippen LogP contribution in [0.3, 0.4) is 0 Å². The van der Waals surface area contributed by atoms with Gasteiger partial charge in [0, 0.05) is 17.7 Å². The highest BCUT2D eigenvalue weighted by molar-refractivity contribution is 5.31. The average molecular weight is 251 g/mol. The molecule has 2 rings (SSSR count). The number of rotatable bonds is 4. The maximum Gasteiger partial charge on any atom is 0.131 e. The van der Waals surface area contributed by atoms with Gasteiger partial charge in [-0.05, 0) is 31.4 Å². The predicted molar refractivity (Wildman–Crippen MR) is 71.3 cm³/mol. The molecule has 1 saturated carbocycles. The number of nitrogens with one attached hydrogen (secondary N) is 1. The lowest BCUT2D eigenvalue weighted by Crippen LogP contribution is -2.27. The summed E-state index contributed by atoms with van der Waals surface area (Å²) >= 11 is 0. The van der Waals surface area contributed by atoms with Gasteiger partial charge in [-0.1, -0.05) is 25.8 Å². The lowest BCUT2D eigenvalue weighted by Gasteiger charge is -2.27. The van der Waals surface area contributed by atoms with E-state index in [0.717, 1.165) is 5.56 Å². The number of benzene rings is 1. The molecule has 3 unspecified atom stereocenters. The Bertz CT molecular complexity index is 407. The van der Waals surface area contributed by atoms with Crippen molar-refractivity contribution in [2.24, 2.45) is 11.8 Å². The van der Waals surface area contributed by atoms with Crippen molar-refractivity contribution in [2.75, 3.05) is 14.2 Å². The molecule has 3 atom stereocenters. The van der Waals surface area contributed by atoms with E-state index in [1.807, 2.05) is 19.2 Å². The molecule has 0 heterocycles. The first kappa shape index (κ1) is 13.3. The normalized spacial score (nSPS) is 25.1. The average Bonchev–Trinajstić information content (AvgIpc) is 2.78. The Morgan fingerprint density at radius 3 is 2.67 bits per heavy atom. The van der Waals surface area contributed by atoms with Gasteiger partial charge in [0.2, 0.25) is 0 Å².